The summed E-state index contributed by atoms with van der Waals surface area (Å²) in [5.74, 6) is 1.01. The van der Waals surface area contributed by atoms with Gasteiger partial charge in [0.2, 0.25) is 0 Å². The lowest BCUT2D eigenvalue weighted by atomic mass is 9.97. The van der Waals surface area contributed by atoms with Gasteiger partial charge >= 0.3 is 0 Å². The molecule has 0 N–H and O–H groups in total. The van der Waals surface area contributed by atoms with Gasteiger partial charge in [-0.05, 0) is 55.2 Å². The van der Waals surface area contributed by atoms with Crippen LogP contribution < -0.4 is 4.74 Å². The van der Waals surface area contributed by atoms with Crippen molar-refractivity contribution in [3.05, 3.63) is 63.7 Å². The van der Waals surface area contributed by atoms with E-state index in [1.165, 1.54) is 16.7 Å². The van der Waals surface area contributed by atoms with Crippen molar-refractivity contribution in [2.75, 3.05) is 0 Å². The first-order valence-corrected chi connectivity index (χ1v) is 8.37. The summed E-state index contributed by atoms with van der Waals surface area (Å²) in [5.41, 5.74) is 4.75. The zero-order valence-electron chi connectivity index (χ0n) is 12.4. The minimum atomic E-state index is -0.0976. The predicted molar refractivity (Wildman–Crippen MR) is 91.8 cm³/mol. The van der Waals surface area contributed by atoms with E-state index in [-0.39, 0.29) is 10.4 Å². The molecule has 0 amide bonds. The second-order valence-electron chi connectivity index (χ2n) is 6.28. The second kappa shape index (κ2) is 5.33. The van der Waals surface area contributed by atoms with E-state index < -0.39 is 0 Å². The zero-order valence-corrected chi connectivity index (χ0v) is 14.8. The van der Waals surface area contributed by atoms with E-state index >= 15 is 0 Å². The lowest BCUT2D eigenvalue weighted by Gasteiger charge is -2.16. The summed E-state index contributed by atoms with van der Waals surface area (Å²) in [7, 11) is 0. The Morgan fingerprint density at radius 2 is 1.81 bits per heavy atom. The third-order valence-corrected chi connectivity index (χ3v) is 5.34. The summed E-state index contributed by atoms with van der Waals surface area (Å²) in [4.78, 5) is 0.169. The van der Waals surface area contributed by atoms with E-state index in [1.807, 2.05) is 13.0 Å². The summed E-state index contributed by atoms with van der Waals surface area (Å²) >= 11 is 9.91. The number of halogens is 2. The number of alkyl halides is 1. The van der Waals surface area contributed by atoms with Gasteiger partial charge in [-0.25, -0.2) is 0 Å². The minimum absolute atomic E-state index is 0.0976. The number of aryl methyl sites for hydroxylation is 1. The Morgan fingerprint density at radius 1 is 1.14 bits per heavy atom. The second-order valence-corrected chi connectivity index (χ2v) is 7.60. The van der Waals surface area contributed by atoms with Crippen molar-refractivity contribution >= 4 is 27.5 Å². The number of fused-ring (bicyclic) bond motifs is 1. The summed E-state index contributed by atoms with van der Waals surface area (Å²) in [6.07, 6.45) is 0.954. The van der Waals surface area contributed by atoms with Crippen molar-refractivity contribution in [1.82, 2.24) is 0 Å². The first-order chi connectivity index (χ1) is 9.85. The van der Waals surface area contributed by atoms with Crippen LogP contribution in [0.5, 0.6) is 5.75 Å². The van der Waals surface area contributed by atoms with Gasteiger partial charge in [-0.2, -0.15) is 0 Å². The highest BCUT2D eigenvalue weighted by Gasteiger charge is 2.30. The van der Waals surface area contributed by atoms with Gasteiger partial charge in [-0.3, -0.25) is 0 Å². The van der Waals surface area contributed by atoms with Crippen molar-refractivity contribution in [1.29, 1.82) is 0 Å². The number of benzene rings is 2. The molecule has 0 saturated carbocycles. The highest BCUT2D eigenvalue weighted by atomic mass is 79.9. The standard InChI is InChI=1S/C18H18BrClO/c1-11-8-12(4-6-15(11)20)17(19)13-5-7-16-14(9-13)10-18(2,3)21-16/h4-9,17H,10H2,1-3H3. The quantitative estimate of drug-likeness (QED) is 0.607. The maximum absolute atomic E-state index is 6.11. The average Bonchev–Trinajstić information content (AvgIpc) is 2.73. The number of rotatable bonds is 2. The maximum atomic E-state index is 6.11. The topological polar surface area (TPSA) is 9.23 Å². The van der Waals surface area contributed by atoms with Crippen LogP contribution in [-0.4, -0.2) is 5.60 Å². The third kappa shape index (κ3) is 2.97. The molecular weight excluding hydrogens is 348 g/mol. The fraction of sp³-hybridized carbons (Fsp3) is 0.333. The molecule has 3 heteroatoms. The van der Waals surface area contributed by atoms with Crippen LogP contribution >= 0.6 is 27.5 Å². The number of hydrogen-bond donors (Lipinski definition) is 0. The van der Waals surface area contributed by atoms with Gasteiger partial charge < -0.3 is 4.74 Å². The molecule has 110 valence electrons. The molecule has 1 heterocycles. The van der Waals surface area contributed by atoms with Gasteiger partial charge in [0, 0.05) is 11.4 Å². The van der Waals surface area contributed by atoms with E-state index in [4.69, 9.17) is 16.3 Å². The molecule has 0 aromatic heterocycles. The van der Waals surface area contributed by atoms with Crippen LogP contribution in [0, 0.1) is 6.92 Å². The van der Waals surface area contributed by atoms with Gasteiger partial charge in [0.15, 0.2) is 0 Å². The Labute approximate surface area is 139 Å². The minimum Gasteiger partial charge on any atom is -0.487 e. The lowest BCUT2D eigenvalue weighted by Crippen LogP contribution is -2.24. The Kier molecular flexibility index (Phi) is 3.79. The molecule has 0 aliphatic carbocycles. The Bertz CT molecular complexity index is 694. The van der Waals surface area contributed by atoms with Crippen LogP contribution in [0.2, 0.25) is 5.02 Å². The molecule has 0 fully saturated rings. The fourth-order valence-electron chi connectivity index (χ4n) is 2.81. The molecule has 0 bridgehead atoms. The summed E-state index contributed by atoms with van der Waals surface area (Å²) < 4.78 is 5.94. The highest BCUT2D eigenvalue weighted by molar-refractivity contribution is 9.09. The SMILES string of the molecule is Cc1cc(C(Br)c2ccc3c(c2)CC(C)(C)O3)ccc1Cl. The van der Waals surface area contributed by atoms with Gasteiger partial charge in [-0.15, -0.1) is 0 Å². The van der Waals surface area contributed by atoms with Crippen molar-refractivity contribution in [2.24, 2.45) is 0 Å². The van der Waals surface area contributed by atoms with Crippen molar-refractivity contribution < 1.29 is 4.74 Å². The molecule has 0 spiro atoms. The summed E-state index contributed by atoms with van der Waals surface area (Å²) in [6, 6.07) is 12.6. The third-order valence-electron chi connectivity index (χ3n) is 3.85. The average molecular weight is 366 g/mol. The van der Waals surface area contributed by atoms with Gasteiger partial charge in [0.05, 0.1) is 4.83 Å². The maximum Gasteiger partial charge on any atom is 0.123 e. The molecule has 2 aromatic carbocycles. The Balaban J connectivity index is 1.93. The number of hydrogen-bond acceptors (Lipinski definition) is 1. The van der Waals surface area contributed by atoms with Crippen LogP contribution in [-0.2, 0) is 6.42 Å². The Morgan fingerprint density at radius 3 is 2.52 bits per heavy atom. The van der Waals surface area contributed by atoms with Crippen molar-refractivity contribution in [3.8, 4) is 5.75 Å². The number of ether oxygens (including phenoxy) is 1. The molecular formula is C18H18BrClO. The molecule has 21 heavy (non-hydrogen) atoms. The Hall–Kier alpha value is -0.990. The van der Waals surface area contributed by atoms with Crippen LogP contribution in [0.25, 0.3) is 0 Å². The molecule has 1 unspecified atom stereocenters. The summed E-state index contributed by atoms with van der Waals surface area (Å²) in [6.45, 7) is 6.28. The largest absolute Gasteiger partial charge is 0.487 e. The van der Waals surface area contributed by atoms with Gasteiger partial charge in [-0.1, -0.05) is 51.8 Å². The highest BCUT2D eigenvalue weighted by Crippen LogP contribution is 2.39. The molecule has 1 aliphatic rings. The van der Waals surface area contributed by atoms with Crippen molar-refractivity contribution in [2.45, 2.75) is 37.6 Å². The molecule has 1 nitrogen and oxygen atoms in total. The van der Waals surface area contributed by atoms with E-state index in [9.17, 15) is 0 Å². The van der Waals surface area contributed by atoms with Crippen LogP contribution in [0.4, 0.5) is 0 Å². The van der Waals surface area contributed by atoms with E-state index in [1.54, 1.807) is 0 Å². The molecule has 2 aromatic rings. The monoisotopic (exact) mass is 364 g/mol. The van der Waals surface area contributed by atoms with E-state index in [2.05, 4.69) is 60.1 Å². The molecule has 0 saturated heterocycles. The summed E-state index contributed by atoms with van der Waals surface area (Å²) in [5, 5.41) is 0.808. The van der Waals surface area contributed by atoms with Gasteiger partial charge in [0.25, 0.3) is 0 Å². The normalized spacial score (nSPS) is 17.2. The fourth-order valence-corrected chi connectivity index (χ4v) is 3.49. The first kappa shape index (κ1) is 14.9. The van der Waals surface area contributed by atoms with E-state index in [0.717, 1.165) is 22.8 Å². The lowest BCUT2D eigenvalue weighted by molar-refractivity contribution is 0.138. The van der Waals surface area contributed by atoms with E-state index in [0.29, 0.717) is 0 Å². The molecule has 0 radical (unpaired) electrons. The predicted octanol–water partition coefficient (Wildman–Crippen LogP) is 5.85. The van der Waals surface area contributed by atoms with Gasteiger partial charge in [0.1, 0.15) is 11.4 Å². The first-order valence-electron chi connectivity index (χ1n) is 7.08. The van der Waals surface area contributed by atoms with Crippen LogP contribution in [0.15, 0.2) is 36.4 Å². The van der Waals surface area contributed by atoms with Crippen molar-refractivity contribution in [3.63, 3.8) is 0 Å². The zero-order chi connectivity index (χ0) is 15.2. The molecule has 1 aliphatic heterocycles. The van der Waals surface area contributed by atoms with Crippen LogP contribution in [0.3, 0.4) is 0 Å². The molecule has 3 rings (SSSR count). The molecule has 1 atom stereocenters. The van der Waals surface area contributed by atoms with Crippen LogP contribution in [0.1, 0.15) is 40.9 Å². The smallest absolute Gasteiger partial charge is 0.123 e.